The Kier molecular flexibility index (Phi) is 7.79. The maximum absolute atomic E-state index is 10.9. The summed E-state index contributed by atoms with van der Waals surface area (Å²) in [5.41, 5.74) is 1.48. The molecule has 0 unspecified atom stereocenters. The van der Waals surface area contributed by atoms with Crippen LogP contribution >= 0.6 is 23.2 Å². The zero-order valence-corrected chi connectivity index (χ0v) is 21.5. The molecule has 3 heterocycles. The van der Waals surface area contributed by atoms with Gasteiger partial charge in [0.05, 0.1) is 59.9 Å². The fourth-order valence-electron chi connectivity index (χ4n) is 4.65. The lowest BCUT2D eigenvalue weighted by molar-refractivity contribution is -0.138. The molecule has 1 aliphatic heterocycles. The number of halogens is 2. The van der Waals surface area contributed by atoms with Crippen LogP contribution in [0.2, 0.25) is 10.0 Å². The van der Waals surface area contributed by atoms with Crippen molar-refractivity contribution >= 4 is 45.9 Å². The number of ether oxygens (including phenoxy) is 2. The molecule has 2 aromatic heterocycles. The first-order chi connectivity index (χ1) is 18.0. The van der Waals surface area contributed by atoms with Crippen LogP contribution in [0.15, 0.2) is 67.3 Å². The minimum absolute atomic E-state index is 0.0169. The van der Waals surface area contributed by atoms with E-state index in [4.69, 9.17) is 42.8 Å². The Hall–Kier alpha value is -3.33. The van der Waals surface area contributed by atoms with Gasteiger partial charge in [0.1, 0.15) is 11.6 Å². The molecule has 10 heteroatoms. The Balaban J connectivity index is 1.46. The molecule has 1 saturated heterocycles. The summed E-state index contributed by atoms with van der Waals surface area (Å²) in [6.07, 6.45) is 6.08. The molecule has 1 N–H and O–H groups in total. The number of rotatable bonds is 10. The minimum atomic E-state index is -0.884. The topological polar surface area (TPSA) is 89.7 Å². The lowest BCUT2D eigenvalue weighted by atomic mass is 10.1. The molecule has 0 radical (unpaired) electrons. The Morgan fingerprint density at radius 3 is 2.73 bits per heavy atom. The maximum atomic E-state index is 10.9. The summed E-state index contributed by atoms with van der Waals surface area (Å²) in [4.78, 5) is 22.3. The molecule has 1 aliphatic rings. The van der Waals surface area contributed by atoms with Gasteiger partial charge >= 0.3 is 5.97 Å². The van der Waals surface area contributed by atoms with E-state index in [1.165, 1.54) is 0 Å². The molecule has 4 aromatic rings. The number of nitrogens with zero attached hydrogens (tertiary/aromatic N) is 4. The van der Waals surface area contributed by atoms with Crippen LogP contribution in [0.25, 0.3) is 16.6 Å². The van der Waals surface area contributed by atoms with E-state index in [1.807, 2.05) is 53.2 Å². The van der Waals surface area contributed by atoms with E-state index in [9.17, 15) is 4.79 Å². The highest BCUT2D eigenvalue weighted by Gasteiger charge is 2.34. The second-order valence-corrected chi connectivity index (χ2v) is 9.76. The zero-order valence-electron chi connectivity index (χ0n) is 20.0. The third-order valence-electron chi connectivity index (χ3n) is 6.41. The molecule has 2 atom stereocenters. The molecule has 192 valence electrons. The fourth-order valence-corrected chi connectivity index (χ4v) is 5.01. The van der Waals surface area contributed by atoms with Gasteiger partial charge in [0.25, 0.3) is 0 Å². The Bertz CT molecular complexity index is 1370. The molecule has 0 aliphatic carbocycles. The quantitative estimate of drug-likeness (QED) is 0.266. The Morgan fingerprint density at radius 1 is 1.14 bits per heavy atom. The van der Waals surface area contributed by atoms with Gasteiger partial charge in [-0.3, -0.25) is 4.79 Å². The van der Waals surface area contributed by atoms with Crippen LogP contribution in [-0.2, 0) is 9.53 Å². The van der Waals surface area contributed by atoms with E-state index >= 15 is 0 Å². The summed E-state index contributed by atoms with van der Waals surface area (Å²) in [5, 5.41) is 10.7. The first kappa shape index (κ1) is 25.3. The number of carbonyl (C=O) groups is 1. The number of carboxylic acids is 1. The van der Waals surface area contributed by atoms with E-state index in [0.717, 1.165) is 29.1 Å². The fraction of sp³-hybridized carbons (Fsp3) is 0.296. The number of carboxylic acid groups (broad SMARTS) is 1. The van der Waals surface area contributed by atoms with Crippen molar-refractivity contribution in [2.75, 3.05) is 31.3 Å². The summed E-state index contributed by atoms with van der Waals surface area (Å²) in [5.74, 6) is 0.889. The standard InChI is InChI=1S/C27H26Cl2N4O4/c28-22-7-6-21-23(32-10-9-30-17-32)13-24(31-27(21)26(22)29)33-14-18(15-37-20-4-2-1-3-5-20)12-19(33)16-36-11-8-25(34)35/h1-7,9-10,13,17-19H,8,11-12,14-16H2,(H,34,35)/t18-,19+/m1/s1. The van der Waals surface area contributed by atoms with Crippen molar-refractivity contribution in [2.45, 2.75) is 18.9 Å². The minimum Gasteiger partial charge on any atom is -0.493 e. The van der Waals surface area contributed by atoms with Crippen LogP contribution in [0, 0.1) is 5.92 Å². The van der Waals surface area contributed by atoms with E-state index in [0.29, 0.717) is 35.3 Å². The number of hydrogen-bond donors (Lipinski definition) is 1. The van der Waals surface area contributed by atoms with Crippen LogP contribution in [0.3, 0.4) is 0 Å². The van der Waals surface area contributed by atoms with Crippen molar-refractivity contribution in [1.82, 2.24) is 14.5 Å². The Labute approximate surface area is 224 Å². The van der Waals surface area contributed by atoms with E-state index < -0.39 is 5.97 Å². The van der Waals surface area contributed by atoms with Crippen molar-refractivity contribution in [1.29, 1.82) is 0 Å². The van der Waals surface area contributed by atoms with Crippen LogP contribution < -0.4 is 9.64 Å². The van der Waals surface area contributed by atoms with Gasteiger partial charge in [0, 0.05) is 36.3 Å². The van der Waals surface area contributed by atoms with Crippen LogP contribution in [0.4, 0.5) is 5.82 Å². The Morgan fingerprint density at radius 2 is 1.97 bits per heavy atom. The van der Waals surface area contributed by atoms with Crippen LogP contribution in [0.5, 0.6) is 5.75 Å². The monoisotopic (exact) mass is 540 g/mol. The van der Waals surface area contributed by atoms with Crippen molar-refractivity contribution in [3.63, 3.8) is 0 Å². The SMILES string of the molecule is O=C(O)CCOC[C@@H]1C[C@@H](COc2ccccc2)CN1c1cc(-n2ccnc2)c2ccc(Cl)c(Cl)c2n1. The molecule has 0 saturated carbocycles. The summed E-state index contributed by atoms with van der Waals surface area (Å²) >= 11 is 13.0. The predicted molar refractivity (Wildman–Crippen MR) is 143 cm³/mol. The summed E-state index contributed by atoms with van der Waals surface area (Å²) < 4.78 is 13.7. The molecule has 0 amide bonds. The van der Waals surface area contributed by atoms with Crippen molar-refractivity contribution in [3.8, 4) is 11.4 Å². The molecule has 5 rings (SSSR count). The second-order valence-electron chi connectivity index (χ2n) is 8.98. The highest BCUT2D eigenvalue weighted by molar-refractivity contribution is 6.45. The smallest absolute Gasteiger partial charge is 0.305 e. The first-order valence-corrected chi connectivity index (χ1v) is 12.8. The number of aromatic nitrogens is 3. The van der Waals surface area contributed by atoms with Crippen molar-refractivity contribution < 1.29 is 19.4 Å². The lowest BCUT2D eigenvalue weighted by Crippen LogP contribution is -2.34. The average molecular weight is 541 g/mol. The van der Waals surface area contributed by atoms with E-state index in [2.05, 4.69) is 9.88 Å². The van der Waals surface area contributed by atoms with E-state index in [1.54, 1.807) is 18.6 Å². The normalized spacial score (nSPS) is 17.4. The number of benzene rings is 2. The highest BCUT2D eigenvalue weighted by Crippen LogP contribution is 2.37. The predicted octanol–water partition coefficient (Wildman–Crippen LogP) is 5.49. The number of para-hydroxylation sites is 1. The van der Waals surface area contributed by atoms with Gasteiger partial charge in [-0.15, -0.1) is 0 Å². The molecule has 37 heavy (non-hydrogen) atoms. The first-order valence-electron chi connectivity index (χ1n) is 12.0. The van der Waals surface area contributed by atoms with E-state index in [-0.39, 0.29) is 25.0 Å². The molecule has 8 nitrogen and oxygen atoms in total. The van der Waals surface area contributed by atoms with Gasteiger partial charge in [0.15, 0.2) is 0 Å². The van der Waals surface area contributed by atoms with Crippen molar-refractivity contribution in [3.05, 3.63) is 77.3 Å². The van der Waals surface area contributed by atoms with Gasteiger partial charge in [-0.1, -0.05) is 41.4 Å². The van der Waals surface area contributed by atoms with Gasteiger partial charge < -0.3 is 24.0 Å². The van der Waals surface area contributed by atoms with Crippen molar-refractivity contribution in [2.24, 2.45) is 5.92 Å². The average Bonchev–Trinajstić information content (AvgIpc) is 3.58. The lowest BCUT2D eigenvalue weighted by Gasteiger charge is -2.27. The molecule has 1 fully saturated rings. The molecule has 0 spiro atoms. The van der Waals surface area contributed by atoms with Crippen LogP contribution in [-0.4, -0.2) is 58.0 Å². The van der Waals surface area contributed by atoms with Gasteiger partial charge in [-0.2, -0.15) is 0 Å². The van der Waals surface area contributed by atoms with Gasteiger partial charge in [0.2, 0.25) is 0 Å². The number of anilines is 1. The molecule has 2 aromatic carbocycles. The number of hydrogen-bond acceptors (Lipinski definition) is 6. The third kappa shape index (κ3) is 5.82. The highest BCUT2D eigenvalue weighted by atomic mass is 35.5. The zero-order chi connectivity index (χ0) is 25.8. The maximum Gasteiger partial charge on any atom is 0.305 e. The summed E-state index contributed by atoms with van der Waals surface area (Å²) in [6, 6.07) is 15.4. The largest absolute Gasteiger partial charge is 0.493 e. The number of pyridine rings is 1. The van der Waals surface area contributed by atoms with Gasteiger partial charge in [-0.05, 0) is 30.7 Å². The molecule has 0 bridgehead atoms. The number of imidazole rings is 1. The number of aliphatic carboxylic acids is 1. The summed E-state index contributed by atoms with van der Waals surface area (Å²) in [7, 11) is 0. The van der Waals surface area contributed by atoms with Crippen LogP contribution in [0.1, 0.15) is 12.8 Å². The molecular formula is C27H26Cl2N4O4. The number of fused-ring (bicyclic) bond motifs is 1. The third-order valence-corrected chi connectivity index (χ3v) is 7.21. The molecular weight excluding hydrogens is 515 g/mol. The van der Waals surface area contributed by atoms with Gasteiger partial charge in [-0.25, -0.2) is 9.97 Å². The summed E-state index contributed by atoms with van der Waals surface area (Å²) in [6.45, 7) is 1.76. The second kappa shape index (κ2) is 11.4.